The van der Waals surface area contributed by atoms with Crippen LogP contribution in [0.4, 0.5) is 5.69 Å². The maximum atomic E-state index is 12.0. The van der Waals surface area contributed by atoms with E-state index in [1.807, 2.05) is 0 Å². The molecule has 0 aromatic heterocycles. The molecule has 0 fully saturated rings. The first-order valence-electron chi connectivity index (χ1n) is 6.84. The summed E-state index contributed by atoms with van der Waals surface area (Å²) in [5.41, 5.74) is 6.53. The van der Waals surface area contributed by atoms with E-state index in [2.05, 4.69) is 6.92 Å². The van der Waals surface area contributed by atoms with Crippen molar-refractivity contribution in [2.24, 2.45) is 0 Å². The quantitative estimate of drug-likeness (QED) is 0.391. The predicted molar refractivity (Wildman–Crippen MR) is 83.2 cm³/mol. The van der Waals surface area contributed by atoms with Gasteiger partial charge >= 0.3 is 0 Å². The minimum atomic E-state index is 0.0827. The van der Waals surface area contributed by atoms with Gasteiger partial charge in [-0.2, -0.15) is 0 Å². The highest BCUT2D eigenvalue weighted by Crippen LogP contribution is 2.29. The molecule has 0 radical (unpaired) electrons. The fourth-order valence-corrected chi connectivity index (χ4v) is 2.44. The van der Waals surface area contributed by atoms with Crippen LogP contribution in [0.15, 0.2) is 12.1 Å². The second-order valence-electron chi connectivity index (χ2n) is 4.79. The molecule has 1 aromatic rings. The average Bonchev–Trinajstić information content (AvgIpc) is 2.39. The van der Waals surface area contributed by atoms with Crippen LogP contribution in [0.5, 0.6) is 0 Å². The molecule has 0 aliphatic heterocycles. The van der Waals surface area contributed by atoms with Crippen molar-refractivity contribution >= 4 is 34.7 Å². The van der Waals surface area contributed by atoms with E-state index < -0.39 is 0 Å². The minimum Gasteiger partial charge on any atom is -0.396 e. The maximum Gasteiger partial charge on any atom is 0.162 e. The highest BCUT2D eigenvalue weighted by Gasteiger charge is 2.10. The lowest BCUT2D eigenvalue weighted by Gasteiger charge is -2.06. The van der Waals surface area contributed by atoms with Gasteiger partial charge in [-0.25, -0.2) is 0 Å². The molecule has 1 aromatic carbocycles. The number of unbranched alkanes of at least 4 members (excludes halogenated alkanes) is 5. The summed E-state index contributed by atoms with van der Waals surface area (Å²) < 4.78 is 0. The molecule has 2 N–H and O–H groups in total. The van der Waals surface area contributed by atoms with Gasteiger partial charge in [-0.05, 0) is 18.6 Å². The van der Waals surface area contributed by atoms with Gasteiger partial charge < -0.3 is 5.73 Å². The highest BCUT2D eigenvalue weighted by atomic mass is 35.5. The number of anilines is 1. The molecule has 19 heavy (non-hydrogen) atoms. The standard InChI is InChI=1S/C15H21Cl2NO/c1-2-3-4-5-6-7-8-14(19)11-9-12(16)15(18)13(17)10-11/h9-10H,2-8,18H2,1H3. The Morgan fingerprint density at radius 3 is 2.16 bits per heavy atom. The van der Waals surface area contributed by atoms with E-state index in [0.717, 1.165) is 12.8 Å². The third-order valence-corrected chi connectivity index (χ3v) is 3.78. The maximum absolute atomic E-state index is 12.0. The molecule has 0 heterocycles. The van der Waals surface area contributed by atoms with Gasteiger partial charge in [0.25, 0.3) is 0 Å². The summed E-state index contributed by atoms with van der Waals surface area (Å²) in [7, 11) is 0. The Hall–Kier alpha value is -0.730. The van der Waals surface area contributed by atoms with Crippen LogP contribution < -0.4 is 5.73 Å². The molecule has 0 unspecified atom stereocenters. The topological polar surface area (TPSA) is 43.1 Å². The third-order valence-electron chi connectivity index (χ3n) is 3.16. The number of carbonyl (C=O) groups is 1. The number of carbonyl (C=O) groups excluding carboxylic acids is 1. The Labute approximate surface area is 125 Å². The van der Waals surface area contributed by atoms with Crippen LogP contribution in [0.2, 0.25) is 10.0 Å². The second kappa shape index (κ2) is 8.44. The molecule has 0 saturated heterocycles. The van der Waals surface area contributed by atoms with Crippen molar-refractivity contribution in [3.8, 4) is 0 Å². The number of benzene rings is 1. The van der Waals surface area contributed by atoms with Crippen molar-refractivity contribution in [1.82, 2.24) is 0 Å². The number of Topliss-reactive ketones (excluding diaryl/α,β-unsaturated/α-hetero) is 1. The largest absolute Gasteiger partial charge is 0.396 e. The third kappa shape index (κ3) is 5.42. The first-order chi connectivity index (χ1) is 9.06. The Kier molecular flexibility index (Phi) is 7.25. The van der Waals surface area contributed by atoms with E-state index in [9.17, 15) is 4.79 Å². The van der Waals surface area contributed by atoms with Crippen LogP contribution in [-0.4, -0.2) is 5.78 Å². The van der Waals surface area contributed by atoms with Crippen molar-refractivity contribution in [2.45, 2.75) is 51.9 Å². The van der Waals surface area contributed by atoms with Gasteiger partial charge in [0.2, 0.25) is 0 Å². The van der Waals surface area contributed by atoms with Gasteiger partial charge in [-0.1, -0.05) is 62.2 Å². The number of nitrogens with two attached hydrogens (primary N) is 1. The van der Waals surface area contributed by atoms with Gasteiger partial charge in [0.05, 0.1) is 15.7 Å². The number of ketones is 1. The second-order valence-corrected chi connectivity index (χ2v) is 5.61. The molecule has 1 rings (SSSR count). The van der Waals surface area contributed by atoms with Crippen LogP contribution in [0.25, 0.3) is 0 Å². The van der Waals surface area contributed by atoms with Crippen LogP contribution in [0.1, 0.15) is 62.2 Å². The summed E-state index contributed by atoms with van der Waals surface area (Å²) in [6, 6.07) is 3.20. The van der Waals surface area contributed by atoms with Crippen molar-refractivity contribution in [2.75, 3.05) is 5.73 Å². The van der Waals surface area contributed by atoms with Crippen LogP contribution in [-0.2, 0) is 0 Å². The molecule has 0 aliphatic carbocycles. The molecule has 0 aliphatic rings. The first kappa shape index (κ1) is 16.3. The number of rotatable bonds is 8. The zero-order chi connectivity index (χ0) is 14.3. The zero-order valence-corrected chi connectivity index (χ0v) is 12.9. The molecule has 0 saturated carbocycles. The minimum absolute atomic E-state index is 0.0827. The Morgan fingerprint density at radius 1 is 1.05 bits per heavy atom. The van der Waals surface area contributed by atoms with Gasteiger partial charge in [-0.3, -0.25) is 4.79 Å². The van der Waals surface area contributed by atoms with Gasteiger partial charge in [-0.15, -0.1) is 0 Å². The lowest BCUT2D eigenvalue weighted by atomic mass is 10.0. The van der Waals surface area contributed by atoms with E-state index >= 15 is 0 Å². The summed E-state index contributed by atoms with van der Waals surface area (Å²) in [5, 5.41) is 0.692. The van der Waals surface area contributed by atoms with Crippen molar-refractivity contribution < 1.29 is 4.79 Å². The monoisotopic (exact) mass is 301 g/mol. The first-order valence-corrected chi connectivity index (χ1v) is 7.59. The van der Waals surface area contributed by atoms with Crippen LogP contribution in [0, 0.1) is 0 Å². The lowest BCUT2D eigenvalue weighted by molar-refractivity contribution is 0.0979. The summed E-state index contributed by atoms with van der Waals surface area (Å²) >= 11 is 11.8. The molecule has 2 nitrogen and oxygen atoms in total. The highest BCUT2D eigenvalue weighted by molar-refractivity contribution is 6.39. The summed E-state index contributed by atoms with van der Waals surface area (Å²) in [4.78, 5) is 12.0. The molecule has 0 spiro atoms. The molecular formula is C15H21Cl2NO. The molecule has 4 heteroatoms. The molecule has 0 atom stereocenters. The van der Waals surface area contributed by atoms with Crippen molar-refractivity contribution in [1.29, 1.82) is 0 Å². The molecule has 0 bridgehead atoms. The Morgan fingerprint density at radius 2 is 1.58 bits per heavy atom. The smallest absolute Gasteiger partial charge is 0.162 e. The van der Waals surface area contributed by atoms with E-state index in [0.29, 0.717) is 27.7 Å². The summed E-state index contributed by atoms with van der Waals surface area (Å²) in [6.07, 6.45) is 7.53. The molecule has 106 valence electrons. The number of hydrogen-bond acceptors (Lipinski definition) is 2. The average molecular weight is 302 g/mol. The van der Waals surface area contributed by atoms with Gasteiger partial charge in [0, 0.05) is 12.0 Å². The SMILES string of the molecule is CCCCCCCCC(=O)c1cc(Cl)c(N)c(Cl)c1. The van der Waals surface area contributed by atoms with E-state index in [4.69, 9.17) is 28.9 Å². The van der Waals surface area contributed by atoms with E-state index in [1.54, 1.807) is 12.1 Å². The number of nitrogen functional groups attached to an aromatic ring is 1. The number of hydrogen-bond donors (Lipinski definition) is 1. The predicted octanol–water partition coefficient (Wildman–Crippen LogP) is 5.51. The zero-order valence-electron chi connectivity index (χ0n) is 11.3. The Bertz CT molecular complexity index is 409. The van der Waals surface area contributed by atoms with Crippen LogP contribution in [0.3, 0.4) is 0 Å². The van der Waals surface area contributed by atoms with Gasteiger partial charge in [0.1, 0.15) is 0 Å². The Balaban J connectivity index is 2.42. The van der Waals surface area contributed by atoms with Crippen molar-refractivity contribution in [3.63, 3.8) is 0 Å². The van der Waals surface area contributed by atoms with Gasteiger partial charge in [0.15, 0.2) is 5.78 Å². The number of halogens is 2. The van der Waals surface area contributed by atoms with E-state index in [-0.39, 0.29) is 5.78 Å². The molecular weight excluding hydrogens is 281 g/mol. The summed E-state index contributed by atoms with van der Waals surface area (Å²) in [5.74, 6) is 0.0827. The van der Waals surface area contributed by atoms with E-state index in [1.165, 1.54) is 25.7 Å². The van der Waals surface area contributed by atoms with Crippen molar-refractivity contribution in [3.05, 3.63) is 27.7 Å². The fraction of sp³-hybridized carbons (Fsp3) is 0.533. The van der Waals surface area contributed by atoms with Crippen LogP contribution >= 0.6 is 23.2 Å². The molecule has 0 amide bonds. The fourth-order valence-electron chi connectivity index (χ4n) is 1.96. The lowest BCUT2D eigenvalue weighted by Crippen LogP contribution is -2.00. The normalized spacial score (nSPS) is 10.7. The summed E-state index contributed by atoms with van der Waals surface area (Å²) in [6.45, 7) is 2.19.